The molecule has 0 bridgehead atoms. The van der Waals surface area contributed by atoms with Gasteiger partial charge >= 0.3 is 0 Å². The number of aromatic nitrogens is 4. The highest BCUT2D eigenvalue weighted by Gasteiger charge is 2.34. The van der Waals surface area contributed by atoms with E-state index in [1.54, 1.807) is 0 Å². The number of para-hydroxylation sites is 2. The first-order valence-electron chi connectivity index (χ1n) is 32.1. The molecule has 0 aliphatic heterocycles. The maximum absolute atomic E-state index is 2.74. The van der Waals surface area contributed by atoms with E-state index in [4.69, 9.17) is 0 Å². The molecular formula is C86H66N4. The quantitative estimate of drug-likeness (QED) is 0.116. The molecule has 17 rings (SSSR count). The molecule has 1 atom stereocenters. The fourth-order valence-corrected chi connectivity index (χ4v) is 15.4. The lowest BCUT2D eigenvalue weighted by Crippen LogP contribution is -2.13. The van der Waals surface area contributed by atoms with Crippen LogP contribution in [0.2, 0.25) is 0 Å². The molecule has 0 radical (unpaired) electrons. The first-order valence-corrected chi connectivity index (χ1v) is 32.1. The molecule has 0 N–H and O–H groups in total. The smallest absolute Gasteiger partial charge is 0.0620 e. The summed E-state index contributed by atoms with van der Waals surface area (Å²) >= 11 is 0. The summed E-state index contributed by atoms with van der Waals surface area (Å²) in [4.78, 5) is 0. The van der Waals surface area contributed by atoms with Gasteiger partial charge < -0.3 is 18.3 Å². The van der Waals surface area contributed by atoms with Gasteiger partial charge in [0.2, 0.25) is 0 Å². The van der Waals surface area contributed by atoms with Gasteiger partial charge in [-0.05, 0) is 132 Å². The Bertz CT molecular complexity index is 4980. The summed E-state index contributed by atoms with van der Waals surface area (Å²) in [6.45, 7) is 0. The first-order chi connectivity index (χ1) is 44.7. The van der Waals surface area contributed by atoms with E-state index in [0.717, 1.165) is 56.3 Å². The van der Waals surface area contributed by atoms with Crippen LogP contribution in [-0.2, 0) is 12.8 Å². The van der Waals surface area contributed by atoms with E-state index >= 15 is 0 Å². The summed E-state index contributed by atoms with van der Waals surface area (Å²) in [6, 6.07) is 91.8. The summed E-state index contributed by atoms with van der Waals surface area (Å²) < 4.78 is 10.5. The maximum Gasteiger partial charge on any atom is 0.0620 e. The first kappa shape index (κ1) is 53.3. The molecule has 0 saturated heterocycles. The van der Waals surface area contributed by atoms with Crippen molar-refractivity contribution < 1.29 is 0 Å². The van der Waals surface area contributed by atoms with Crippen LogP contribution in [0.1, 0.15) is 72.0 Å². The number of hydrogen-bond donors (Lipinski definition) is 0. The molecule has 90 heavy (non-hydrogen) atoms. The van der Waals surface area contributed by atoms with Gasteiger partial charge in [-0.15, -0.1) is 0 Å². The molecule has 0 saturated carbocycles. The van der Waals surface area contributed by atoms with Crippen molar-refractivity contribution in [2.45, 2.75) is 51.0 Å². The van der Waals surface area contributed by atoms with Crippen LogP contribution in [0.5, 0.6) is 0 Å². The molecule has 4 aliphatic carbocycles. The van der Waals surface area contributed by atoms with Crippen molar-refractivity contribution in [3.05, 3.63) is 331 Å². The highest BCUT2D eigenvalue weighted by molar-refractivity contribution is 6.16. The van der Waals surface area contributed by atoms with Crippen molar-refractivity contribution in [2.75, 3.05) is 0 Å². The molecule has 4 heterocycles. The van der Waals surface area contributed by atoms with Crippen molar-refractivity contribution in [1.29, 1.82) is 0 Å². The van der Waals surface area contributed by atoms with Crippen molar-refractivity contribution in [3.63, 3.8) is 0 Å². The van der Waals surface area contributed by atoms with E-state index in [2.05, 4.69) is 328 Å². The summed E-state index contributed by atoms with van der Waals surface area (Å²) in [7, 11) is 0. The maximum atomic E-state index is 2.74. The van der Waals surface area contributed by atoms with E-state index in [0.29, 0.717) is 0 Å². The second-order valence-corrected chi connectivity index (χ2v) is 24.2. The lowest BCUT2D eigenvalue weighted by atomic mass is 9.90. The van der Waals surface area contributed by atoms with Crippen LogP contribution in [0, 0.1) is 0 Å². The van der Waals surface area contributed by atoms with Gasteiger partial charge in [-0.2, -0.15) is 0 Å². The predicted molar refractivity (Wildman–Crippen MR) is 378 cm³/mol. The largest absolute Gasteiger partial charge is 0.337 e. The summed E-state index contributed by atoms with van der Waals surface area (Å²) in [5, 5.41) is 2.69. The Balaban J connectivity index is 0.885. The van der Waals surface area contributed by atoms with Gasteiger partial charge in [-0.1, -0.05) is 261 Å². The van der Waals surface area contributed by atoms with Crippen LogP contribution in [0.3, 0.4) is 0 Å². The van der Waals surface area contributed by atoms with Gasteiger partial charge in [-0.3, -0.25) is 0 Å². The Hall–Kier alpha value is -10.9. The van der Waals surface area contributed by atoms with Crippen LogP contribution in [0.15, 0.2) is 297 Å². The van der Waals surface area contributed by atoms with Crippen LogP contribution in [0.4, 0.5) is 0 Å². The summed E-state index contributed by atoms with van der Waals surface area (Å²) in [6.07, 6.45) is 31.1. The van der Waals surface area contributed by atoms with Gasteiger partial charge in [-0.25, -0.2) is 0 Å². The van der Waals surface area contributed by atoms with Crippen LogP contribution in [-0.4, -0.2) is 18.3 Å². The highest BCUT2D eigenvalue weighted by Crippen LogP contribution is 2.53. The van der Waals surface area contributed by atoms with Crippen molar-refractivity contribution in [1.82, 2.24) is 18.3 Å². The highest BCUT2D eigenvalue weighted by atomic mass is 15.1. The van der Waals surface area contributed by atoms with Crippen LogP contribution < -0.4 is 0 Å². The number of benzene rings is 9. The molecule has 4 aromatic heterocycles. The minimum atomic E-state index is 0.0543. The normalized spacial score (nSPS) is 15.1. The van der Waals surface area contributed by atoms with Gasteiger partial charge in [0, 0.05) is 78.2 Å². The molecule has 0 amide bonds. The number of rotatable bonds is 12. The van der Waals surface area contributed by atoms with E-state index in [1.165, 1.54) is 140 Å². The minimum Gasteiger partial charge on any atom is -0.337 e. The molecule has 9 aromatic carbocycles. The zero-order valence-corrected chi connectivity index (χ0v) is 50.3. The van der Waals surface area contributed by atoms with Crippen molar-refractivity contribution in [3.8, 4) is 84.1 Å². The summed E-state index contributed by atoms with van der Waals surface area (Å²) in [5.74, 6) is 0. The fourth-order valence-electron chi connectivity index (χ4n) is 15.4. The number of fused-ring (bicyclic) bond motifs is 7. The Morgan fingerprint density at radius 1 is 0.300 bits per heavy atom. The second-order valence-electron chi connectivity index (χ2n) is 24.2. The Morgan fingerprint density at radius 3 is 1.27 bits per heavy atom. The standard InChI is InChI=1S/C86H66N4/c1-9-31-59(32-10-1)77-79(61-35-13-3-14-36-61)85(89(67-45-21-7-22-46-67)83(77)63-39-17-5-18-40-63)65-43-29-49-69(57-65)87-73-53-27-25-51-71(73)81-75(87)55-56-76-82(81)72-52-26-28-54-74(72)88(76)70-50-30-44-66(58-70)86-80(62-37-15-4-16-38-62)78(60-33-11-2-12-34-60)84(64-41-19-6-20-42-64)90(86)68-47-23-8-24-48-68/h1-5,7-19,21-26,29-48,50-52,55-58,69H,6,20,27-28,49,53-54H2. The molecule has 4 aliphatic rings. The zero-order valence-electron chi connectivity index (χ0n) is 50.3. The molecule has 13 aromatic rings. The third kappa shape index (κ3) is 8.88. The molecule has 0 spiro atoms. The molecule has 1 unspecified atom stereocenters. The topological polar surface area (TPSA) is 19.7 Å². The monoisotopic (exact) mass is 1150 g/mol. The van der Waals surface area contributed by atoms with Gasteiger partial charge in [0.05, 0.1) is 39.9 Å². The minimum absolute atomic E-state index is 0.0543. The number of hydrogen-bond acceptors (Lipinski definition) is 0. The summed E-state index contributed by atoms with van der Waals surface area (Å²) in [5.41, 5.74) is 30.7. The predicted octanol–water partition coefficient (Wildman–Crippen LogP) is 22.4. The third-order valence-corrected chi connectivity index (χ3v) is 19.0. The zero-order chi connectivity index (χ0) is 59.5. The van der Waals surface area contributed by atoms with Gasteiger partial charge in [0.25, 0.3) is 0 Å². The lowest BCUT2D eigenvalue weighted by Gasteiger charge is -2.25. The molecular weight excluding hydrogens is 1090 g/mol. The van der Waals surface area contributed by atoms with Crippen LogP contribution in [0.25, 0.3) is 129 Å². The Labute approximate surface area is 526 Å². The van der Waals surface area contributed by atoms with E-state index in [9.17, 15) is 0 Å². The van der Waals surface area contributed by atoms with Gasteiger partial charge in [0.15, 0.2) is 0 Å². The fraction of sp³-hybridized carbons (Fsp3) is 0.0930. The Morgan fingerprint density at radius 2 is 0.722 bits per heavy atom. The molecule has 4 nitrogen and oxygen atoms in total. The van der Waals surface area contributed by atoms with Crippen LogP contribution >= 0.6 is 0 Å². The SMILES string of the molecule is C1=CC(c2c(-c3ccccc3)c(-c3ccccc3)c(-c3cccc(-n4c5c(c6c7c8c(n(C9C=C(c%10c(-c%11ccccc%11)c(-c%11ccccc%11)c(-c%11ccccc%11)n%10-c%10ccccc%10)C=CC9)c7ccc64)CCC=C8)C=CCC5)c3)n2-c2ccccc2)=CCC1. The van der Waals surface area contributed by atoms with E-state index < -0.39 is 0 Å². The average molecular weight is 1160 g/mol. The molecule has 430 valence electrons. The lowest BCUT2D eigenvalue weighted by molar-refractivity contribution is 0.600. The van der Waals surface area contributed by atoms with E-state index in [1.807, 2.05) is 0 Å². The van der Waals surface area contributed by atoms with Gasteiger partial charge in [0.1, 0.15) is 0 Å². The van der Waals surface area contributed by atoms with E-state index in [-0.39, 0.29) is 6.04 Å². The number of nitrogens with zero attached hydrogens (tertiary/aromatic N) is 4. The molecule has 0 fully saturated rings. The van der Waals surface area contributed by atoms with Crippen molar-refractivity contribution in [2.24, 2.45) is 0 Å². The average Bonchev–Trinajstić information content (AvgIpc) is 1.59. The number of allylic oxidation sites excluding steroid dienone is 10. The Kier molecular flexibility index (Phi) is 13.4. The third-order valence-electron chi connectivity index (χ3n) is 19.0. The second kappa shape index (κ2) is 22.6. The van der Waals surface area contributed by atoms with Crippen molar-refractivity contribution >= 4 is 45.1 Å². The molecule has 4 heteroatoms.